The zero-order valence-electron chi connectivity index (χ0n) is 14.4. The van der Waals surface area contributed by atoms with E-state index < -0.39 is 0 Å². The highest BCUT2D eigenvalue weighted by molar-refractivity contribution is 7.11. The fourth-order valence-corrected chi connectivity index (χ4v) is 3.20. The molecule has 4 heteroatoms. The maximum atomic E-state index is 9.45. The molecule has 2 aromatic carbocycles. The molecule has 0 aliphatic heterocycles. The number of ether oxygens (including phenoxy) is 1. The number of hydrogen-bond acceptors (Lipinski definition) is 4. The van der Waals surface area contributed by atoms with Crippen LogP contribution >= 0.6 is 11.3 Å². The maximum absolute atomic E-state index is 9.45. The molecule has 0 radical (unpaired) electrons. The Hall–Kier alpha value is -3.16. The topological polar surface area (TPSA) is 45.9 Å². The average Bonchev–Trinajstić information content (AvgIpc) is 3.17. The molecule has 0 aliphatic rings. The van der Waals surface area contributed by atoms with E-state index in [-0.39, 0.29) is 0 Å². The second-order valence-corrected chi connectivity index (χ2v) is 6.32. The summed E-state index contributed by atoms with van der Waals surface area (Å²) in [5.74, 6) is 0.843. The summed E-state index contributed by atoms with van der Waals surface area (Å²) in [7, 11) is 0. The van der Waals surface area contributed by atoms with Crippen molar-refractivity contribution in [2.75, 3.05) is 6.61 Å². The van der Waals surface area contributed by atoms with Gasteiger partial charge >= 0.3 is 0 Å². The van der Waals surface area contributed by atoms with Gasteiger partial charge in [0.2, 0.25) is 0 Å². The molecule has 0 spiro atoms. The van der Waals surface area contributed by atoms with Crippen molar-refractivity contribution in [3.63, 3.8) is 0 Å². The van der Waals surface area contributed by atoms with Gasteiger partial charge in [0.25, 0.3) is 0 Å². The van der Waals surface area contributed by atoms with Crippen molar-refractivity contribution in [3.8, 4) is 23.1 Å². The van der Waals surface area contributed by atoms with Gasteiger partial charge in [-0.3, -0.25) is 0 Å². The van der Waals surface area contributed by atoms with E-state index in [2.05, 4.69) is 11.1 Å². The number of nitriles is 1. The molecule has 0 bridgehead atoms. The summed E-state index contributed by atoms with van der Waals surface area (Å²) >= 11 is 1.47. The highest BCUT2D eigenvalue weighted by atomic mass is 32.1. The Bertz CT molecular complexity index is 948. The maximum Gasteiger partial charge on any atom is 0.134 e. The van der Waals surface area contributed by atoms with Crippen molar-refractivity contribution in [3.05, 3.63) is 82.7 Å². The van der Waals surface area contributed by atoms with E-state index >= 15 is 0 Å². The minimum absolute atomic E-state index is 0.555. The predicted molar refractivity (Wildman–Crippen MR) is 108 cm³/mol. The molecule has 0 saturated heterocycles. The molecular formula is C22H18N2OS. The van der Waals surface area contributed by atoms with Crippen LogP contribution in [0.15, 0.2) is 72.1 Å². The molecule has 3 rings (SSSR count). The Morgan fingerprint density at radius 1 is 1.15 bits per heavy atom. The van der Waals surface area contributed by atoms with E-state index in [0.29, 0.717) is 17.2 Å². The normalized spacial score (nSPS) is 11.5. The van der Waals surface area contributed by atoms with Crippen LogP contribution in [0.5, 0.6) is 5.75 Å². The molecule has 0 amide bonds. The van der Waals surface area contributed by atoms with Crippen LogP contribution in [0.3, 0.4) is 0 Å². The lowest BCUT2D eigenvalue weighted by Crippen LogP contribution is -1.90. The fourth-order valence-electron chi connectivity index (χ4n) is 2.39. The fraction of sp³-hybridized carbons (Fsp3) is 0.0909. The van der Waals surface area contributed by atoms with E-state index in [1.165, 1.54) is 11.3 Å². The molecule has 0 saturated carbocycles. The molecule has 1 aromatic heterocycles. The standard InChI is InChI=1S/C22H18N2OS/c1-2-25-20-13-11-18(12-14-20)21-16-26-22(24-21)19(15-23)10-6-9-17-7-4-3-5-8-17/h3-14,16H,2H2,1H3/b9-6+,19-10-. The summed E-state index contributed by atoms with van der Waals surface area (Å²) in [5, 5.41) is 12.1. The van der Waals surface area contributed by atoms with Crippen LogP contribution < -0.4 is 4.74 Å². The molecule has 0 atom stereocenters. The monoisotopic (exact) mass is 358 g/mol. The van der Waals surface area contributed by atoms with Crippen molar-refractivity contribution < 1.29 is 4.74 Å². The third-order valence-corrected chi connectivity index (χ3v) is 4.54. The molecule has 26 heavy (non-hydrogen) atoms. The Labute approximate surface area is 157 Å². The summed E-state index contributed by atoms with van der Waals surface area (Å²) in [6.07, 6.45) is 5.65. The van der Waals surface area contributed by atoms with Crippen molar-refractivity contribution in [2.45, 2.75) is 6.92 Å². The van der Waals surface area contributed by atoms with Crippen LogP contribution in [0.4, 0.5) is 0 Å². The zero-order chi connectivity index (χ0) is 18.2. The molecule has 128 valence electrons. The van der Waals surface area contributed by atoms with E-state index in [1.807, 2.05) is 79.1 Å². The SMILES string of the molecule is CCOc1ccc(-c2csc(/C(C#N)=C\C=C\c3ccccc3)n2)cc1. The first kappa shape index (κ1) is 17.7. The second kappa shape index (κ2) is 8.80. The average molecular weight is 358 g/mol. The van der Waals surface area contributed by atoms with Crippen LogP contribution in [-0.2, 0) is 0 Å². The number of thiazole rings is 1. The molecule has 0 unspecified atom stereocenters. The molecule has 3 aromatic rings. The van der Waals surface area contributed by atoms with Gasteiger partial charge < -0.3 is 4.74 Å². The van der Waals surface area contributed by atoms with Crippen LogP contribution in [-0.4, -0.2) is 11.6 Å². The lowest BCUT2D eigenvalue weighted by Gasteiger charge is -2.03. The van der Waals surface area contributed by atoms with E-state index in [9.17, 15) is 5.26 Å². The lowest BCUT2D eigenvalue weighted by atomic mass is 10.1. The first-order valence-corrected chi connectivity index (χ1v) is 9.20. The van der Waals surface area contributed by atoms with Crippen molar-refractivity contribution >= 4 is 23.0 Å². The highest BCUT2D eigenvalue weighted by Crippen LogP contribution is 2.27. The molecule has 1 heterocycles. The van der Waals surface area contributed by atoms with Crippen molar-refractivity contribution in [1.29, 1.82) is 5.26 Å². The van der Waals surface area contributed by atoms with Gasteiger partial charge in [-0.15, -0.1) is 11.3 Å². The largest absolute Gasteiger partial charge is 0.494 e. The quantitative estimate of drug-likeness (QED) is 0.411. The van der Waals surface area contributed by atoms with Gasteiger partial charge in [-0.25, -0.2) is 4.98 Å². The van der Waals surface area contributed by atoms with E-state index in [4.69, 9.17) is 4.74 Å². The number of rotatable bonds is 6. The minimum Gasteiger partial charge on any atom is -0.494 e. The highest BCUT2D eigenvalue weighted by Gasteiger charge is 2.08. The molecule has 0 N–H and O–H groups in total. The first-order valence-electron chi connectivity index (χ1n) is 8.33. The van der Waals surface area contributed by atoms with Gasteiger partial charge in [-0.2, -0.15) is 5.26 Å². The minimum atomic E-state index is 0.555. The Kier molecular flexibility index (Phi) is 5.97. The van der Waals surface area contributed by atoms with Crippen LogP contribution in [0.25, 0.3) is 22.9 Å². The molecule has 0 fully saturated rings. The summed E-state index contributed by atoms with van der Waals surface area (Å²) < 4.78 is 5.46. The molecular weight excluding hydrogens is 340 g/mol. The number of benzene rings is 2. The zero-order valence-corrected chi connectivity index (χ0v) is 15.2. The van der Waals surface area contributed by atoms with Crippen molar-refractivity contribution in [2.24, 2.45) is 0 Å². The second-order valence-electron chi connectivity index (χ2n) is 5.46. The van der Waals surface area contributed by atoms with E-state index in [1.54, 1.807) is 6.08 Å². The number of nitrogens with zero attached hydrogens (tertiary/aromatic N) is 2. The summed E-state index contributed by atoms with van der Waals surface area (Å²) in [6, 6.07) is 20.0. The molecule has 0 aliphatic carbocycles. The van der Waals surface area contributed by atoms with Gasteiger partial charge in [0, 0.05) is 10.9 Å². The third kappa shape index (κ3) is 4.47. The number of aromatic nitrogens is 1. The van der Waals surface area contributed by atoms with Gasteiger partial charge in [0.05, 0.1) is 17.9 Å². The molecule has 3 nitrogen and oxygen atoms in total. The van der Waals surface area contributed by atoms with Crippen LogP contribution in [0.1, 0.15) is 17.5 Å². The Morgan fingerprint density at radius 2 is 1.92 bits per heavy atom. The summed E-state index contributed by atoms with van der Waals surface area (Å²) in [5.41, 5.74) is 3.52. The van der Waals surface area contributed by atoms with Gasteiger partial charge in [0.15, 0.2) is 0 Å². The Balaban J connectivity index is 1.77. The van der Waals surface area contributed by atoms with Gasteiger partial charge in [0.1, 0.15) is 16.8 Å². The predicted octanol–water partition coefficient (Wildman–Crippen LogP) is 5.83. The van der Waals surface area contributed by atoms with Gasteiger partial charge in [-0.1, -0.05) is 42.5 Å². The summed E-state index contributed by atoms with van der Waals surface area (Å²) in [4.78, 5) is 4.61. The first-order chi connectivity index (χ1) is 12.8. The number of hydrogen-bond donors (Lipinski definition) is 0. The lowest BCUT2D eigenvalue weighted by molar-refractivity contribution is 0.340. The summed E-state index contributed by atoms with van der Waals surface area (Å²) in [6.45, 7) is 2.61. The van der Waals surface area contributed by atoms with Crippen LogP contribution in [0, 0.1) is 11.3 Å². The third-order valence-electron chi connectivity index (χ3n) is 3.67. The number of allylic oxidation sites excluding steroid dienone is 3. The van der Waals surface area contributed by atoms with Gasteiger partial charge in [-0.05, 0) is 42.8 Å². The van der Waals surface area contributed by atoms with Crippen molar-refractivity contribution in [1.82, 2.24) is 4.98 Å². The van der Waals surface area contributed by atoms with E-state index in [0.717, 1.165) is 22.6 Å². The smallest absolute Gasteiger partial charge is 0.134 e. The Morgan fingerprint density at radius 3 is 2.62 bits per heavy atom. The van der Waals surface area contributed by atoms with Crippen LogP contribution in [0.2, 0.25) is 0 Å².